The van der Waals surface area contributed by atoms with Crippen molar-refractivity contribution >= 4 is 28.5 Å². The Balaban J connectivity index is 1.26. The number of anilines is 3. The molecule has 1 fully saturated rings. The second-order valence-electron chi connectivity index (χ2n) is 10.7. The van der Waals surface area contributed by atoms with Gasteiger partial charge in [0, 0.05) is 43.7 Å². The molecule has 1 aromatic carbocycles. The zero-order valence-corrected chi connectivity index (χ0v) is 21.9. The molecular formula is C28H33FN8. The van der Waals surface area contributed by atoms with Crippen molar-refractivity contribution in [1.82, 2.24) is 29.4 Å². The van der Waals surface area contributed by atoms with Crippen LogP contribution in [0.3, 0.4) is 0 Å². The molecule has 0 atom stereocenters. The van der Waals surface area contributed by atoms with Crippen LogP contribution in [0.5, 0.6) is 0 Å². The highest BCUT2D eigenvalue weighted by atomic mass is 19.1. The topological polar surface area (TPSA) is 75.0 Å². The number of aryl methyl sites for hydroxylation is 2. The molecule has 2 aliphatic heterocycles. The summed E-state index contributed by atoms with van der Waals surface area (Å²) in [4.78, 5) is 23.0. The lowest BCUT2D eigenvalue weighted by Gasteiger charge is -2.35. The third-order valence-corrected chi connectivity index (χ3v) is 7.78. The number of piperazine rings is 1. The van der Waals surface area contributed by atoms with E-state index < -0.39 is 5.82 Å². The van der Waals surface area contributed by atoms with Crippen molar-refractivity contribution in [2.75, 3.05) is 42.9 Å². The summed E-state index contributed by atoms with van der Waals surface area (Å²) in [5.41, 5.74) is 5.06. The van der Waals surface area contributed by atoms with Gasteiger partial charge in [0.05, 0.1) is 29.1 Å². The van der Waals surface area contributed by atoms with Gasteiger partial charge in [0.1, 0.15) is 17.3 Å². The Labute approximate surface area is 216 Å². The highest BCUT2D eigenvalue weighted by Crippen LogP contribution is 2.38. The first-order valence-electron chi connectivity index (χ1n) is 13.1. The molecular weight excluding hydrogens is 467 g/mol. The Hall–Kier alpha value is -3.59. The number of nitrogens with zero attached hydrogens (tertiary/aromatic N) is 7. The van der Waals surface area contributed by atoms with Crippen molar-refractivity contribution in [3.05, 3.63) is 53.9 Å². The van der Waals surface area contributed by atoms with Gasteiger partial charge in [-0.2, -0.15) is 0 Å². The highest BCUT2D eigenvalue weighted by Gasteiger charge is 2.32. The summed E-state index contributed by atoms with van der Waals surface area (Å²) in [6, 6.07) is 7.94. The van der Waals surface area contributed by atoms with Gasteiger partial charge in [-0.15, -0.1) is 0 Å². The molecule has 4 aromatic rings. The van der Waals surface area contributed by atoms with Crippen LogP contribution in [0.4, 0.5) is 21.8 Å². The van der Waals surface area contributed by atoms with Crippen LogP contribution < -0.4 is 10.2 Å². The smallest absolute Gasteiger partial charge is 0.229 e. The fourth-order valence-corrected chi connectivity index (χ4v) is 5.62. The maximum atomic E-state index is 15.0. The summed E-state index contributed by atoms with van der Waals surface area (Å²) in [5, 5.41) is 3.14. The molecule has 0 aliphatic carbocycles. The van der Waals surface area contributed by atoms with E-state index in [1.54, 1.807) is 0 Å². The van der Waals surface area contributed by atoms with Gasteiger partial charge in [0.15, 0.2) is 5.82 Å². The molecule has 0 bridgehead atoms. The van der Waals surface area contributed by atoms with Gasteiger partial charge in [-0.05, 0) is 63.6 Å². The van der Waals surface area contributed by atoms with Crippen LogP contribution in [-0.4, -0.2) is 62.1 Å². The third-order valence-electron chi connectivity index (χ3n) is 7.78. The number of fused-ring (bicyclic) bond motifs is 3. The molecule has 0 radical (unpaired) electrons. The number of nitrogens with one attached hydrogen (secondary N) is 1. The van der Waals surface area contributed by atoms with Gasteiger partial charge in [-0.25, -0.2) is 24.3 Å². The number of aromatic nitrogens is 5. The minimum Gasteiger partial charge on any atom is -0.368 e. The van der Waals surface area contributed by atoms with Crippen molar-refractivity contribution in [3.63, 3.8) is 0 Å². The van der Waals surface area contributed by atoms with Crippen molar-refractivity contribution in [3.8, 4) is 11.3 Å². The predicted octanol–water partition coefficient (Wildman–Crippen LogP) is 4.90. The zero-order chi connectivity index (χ0) is 25.7. The molecule has 37 heavy (non-hydrogen) atoms. The second-order valence-corrected chi connectivity index (χ2v) is 10.7. The lowest BCUT2D eigenvalue weighted by Crippen LogP contribution is -2.46. The van der Waals surface area contributed by atoms with Gasteiger partial charge < -0.3 is 19.7 Å². The lowest BCUT2D eigenvalue weighted by molar-refractivity contribution is 0.271. The van der Waals surface area contributed by atoms with E-state index in [1.807, 2.05) is 31.3 Å². The van der Waals surface area contributed by atoms with E-state index in [1.165, 1.54) is 6.20 Å². The van der Waals surface area contributed by atoms with Crippen LogP contribution in [0.1, 0.15) is 38.6 Å². The van der Waals surface area contributed by atoms with Crippen molar-refractivity contribution < 1.29 is 4.39 Å². The van der Waals surface area contributed by atoms with E-state index in [0.29, 0.717) is 17.3 Å². The van der Waals surface area contributed by atoms with Crippen LogP contribution in [0.15, 0.2) is 36.7 Å². The molecule has 0 saturated carbocycles. The summed E-state index contributed by atoms with van der Waals surface area (Å²) in [5.74, 6) is 1.56. The first-order valence-corrected chi connectivity index (χ1v) is 13.1. The predicted molar refractivity (Wildman–Crippen MR) is 145 cm³/mol. The number of halogens is 1. The molecule has 1 N–H and O–H groups in total. The Bertz CT molecular complexity index is 1450. The molecule has 3 aromatic heterocycles. The fraction of sp³-hybridized carbons (Fsp3) is 0.429. The van der Waals surface area contributed by atoms with Gasteiger partial charge in [0.25, 0.3) is 0 Å². The van der Waals surface area contributed by atoms with Crippen LogP contribution in [0.25, 0.3) is 22.3 Å². The number of pyridine rings is 1. The molecule has 6 rings (SSSR count). The first-order chi connectivity index (χ1) is 17.8. The quantitative estimate of drug-likeness (QED) is 0.418. The molecule has 1 saturated heterocycles. The maximum Gasteiger partial charge on any atom is 0.229 e. The van der Waals surface area contributed by atoms with Crippen molar-refractivity contribution in [2.24, 2.45) is 0 Å². The Morgan fingerprint density at radius 1 is 1.03 bits per heavy atom. The average Bonchev–Trinajstić information content (AvgIpc) is 3.43. The minimum atomic E-state index is -0.459. The summed E-state index contributed by atoms with van der Waals surface area (Å²) in [7, 11) is 0. The van der Waals surface area contributed by atoms with E-state index >= 15 is 0 Å². The molecule has 0 unspecified atom stereocenters. The minimum absolute atomic E-state index is 0.0203. The number of hydrogen-bond acceptors (Lipinski definition) is 7. The van der Waals surface area contributed by atoms with Gasteiger partial charge in [-0.3, -0.25) is 0 Å². The summed E-state index contributed by atoms with van der Waals surface area (Å²) < 4.78 is 17.3. The average molecular weight is 501 g/mol. The van der Waals surface area contributed by atoms with Crippen LogP contribution in [-0.2, 0) is 12.0 Å². The van der Waals surface area contributed by atoms with Crippen LogP contribution >= 0.6 is 0 Å². The Morgan fingerprint density at radius 3 is 2.57 bits per heavy atom. The highest BCUT2D eigenvalue weighted by molar-refractivity contribution is 5.86. The first kappa shape index (κ1) is 23.8. The van der Waals surface area contributed by atoms with E-state index in [9.17, 15) is 4.39 Å². The largest absolute Gasteiger partial charge is 0.368 e. The standard InChI is InChI=1S/C28H33FN8/c1-5-35-10-12-36(13-11-35)20-6-7-23(30-16-20)32-27-31-17-21(29)26(34-27)19-14-18(2)25-22(15-19)37-24(33-25)8-9-28(37,3)4/h6-7,14-17H,5,8-13H2,1-4H3,(H,30,31,32,34). The Morgan fingerprint density at radius 2 is 1.84 bits per heavy atom. The molecule has 0 spiro atoms. The number of benzene rings is 1. The zero-order valence-electron chi connectivity index (χ0n) is 21.9. The molecule has 9 heteroatoms. The van der Waals surface area contributed by atoms with Crippen LogP contribution in [0.2, 0.25) is 0 Å². The van der Waals surface area contributed by atoms with Crippen molar-refractivity contribution in [2.45, 2.75) is 46.1 Å². The van der Waals surface area contributed by atoms with E-state index in [2.05, 4.69) is 61.5 Å². The molecule has 2 aliphatic rings. The number of rotatable bonds is 5. The summed E-state index contributed by atoms with van der Waals surface area (Å²) >= 11 is 0. The Kier molecular flexibility index (Phi) is 5.82. The molecule has 5 heterocycles. The number of likely N-dealkylation sites (N-methyl/N-ethyl adjacent to an activating group) is 1. The molecule has 8 nitrogen and oxygen atoms in total. The third kappa shape index (κ3) is 4.31. The SMILES string of the molecule is CCN1CCN(c2ccc(Nc3ncc(F)c(-c4cc(C)c5nc6n(c5c4)C(C)(C)CC6)n3)nc2)CC1. The number of hydrogen-bond donors (Lipinski definition) is 1. The van der Waals surface area contributed by atoms with Gasteiger partial charge in [0.2, 0.25) is 5.95 Å². The fourth-order valence-electron chi connectivity index (χ4n) is 5.62. The van der Waals surface area contributed by atoms with Crippen molar-refractivity contribution in [1.29, 1.82) is 0 Å². The maximum absolute atomic E-state index is 15.0. The van der Waals surface area contributed by atoms with E-state index in [-0.39, 0.29) is 11.2 Å². The second kappa shape index (κ2) is 9.06. The normalized spacial score (nSPS) is 17.4. The van der Waals surface area contributed by atoms with E-state index in [4.69, 9.17) is 4.98 Å². The molecule has 0 amide bonds. The monoisotopic (exact) mass is 500 g/mol. The van der Waals surface area contributed by atoms with Crippen LogP contribution in [0, 0.1) is 12.7 Å². The molecule has 192 valence electrons. The summed E-state index contributed by atoms with van der Waals surface area (Å²) in [6.45, 7) is 13.9. The van der Waals surface area contributed by atoms with E-state index in [0.717, 1.165) is 73.7 Å². The number of imidazole rings is 1. The lowest BCUT2D eigenvalue weighted by atomic mass is 10.0. The summed E-state index contributed by atoms with van der Waals surface area (Å²) in [6.07, 6.45) is 5.09. The van der Waals surface area contributed by atoms with Gasteiger partial charge in [-0.1, -0.05) is 6.92 Å². The van der Waals surface area contributed by atoms with Gasteiger partial charge >= 0.3 is 0 Å².